The lowest BCUT2D eigenvalue weighted by Gasteiger charge is -2.11. The van der Waals surface area contributed by atoms with E-state index in [1.54, 1.807) is 0 Å². The maximum atomic E-state index is 2.41. The van der Waals surface area contributed by atoms with Gasteiger partial charge in [0.1, 0.15) is 0 Å². The van der Waals surface area contributed by atoms with Gasteiger partial charge in [0.05, 0.1) is 0 Å². The molecule has 0 atom stereocenters. The third kappa shape index (κ3) is 7.57. The molecule has 0 aromatic heterocycles. The molecule has 0 radical (unpaired) electrons. The Bertz CT molecular complexity index is 1710. The van der Waals surface area contributed by atoms with Gasteiger partial charge in [-0.05, 0) is 127 Å². The fraction of sp³-hybridized carbons (Fsp3) is 0.381. The molecule has 0 nitrogen and oxygen atoms in total. The summed E-state index contributed by atoms with van der Waals surface area (Å²) in [5, 5.41) is 13.4. The molecule has 6 aromatic rings. The molecule has 44 heavy (non-hydrogen) atoms. The van der Waals surface area contributed by atoms with Crippen LogP contribution in [-0.4, -0.2) is 11.5 Å². The molecule has 228 valence electrons. The van der Waals surface area contributed by atoms with Crippen molar-refractivity contribution in [2.24, 2.45) is 0 Å². The summed E-state index contributed by atoms with van der Waals surface area (Å²) in [6.07, 6.45) is 16.3. The first-order chi connectivity index (χ1) is 21.7. The van der Waals surface area contributed by atoms with E-state index in [4.69, 9.17) is 0 Å². The zero-order valence-corrected chi connectivity index (χ0v) is 28.4. The summed E-state index contributed by atoms with van der Waals surface area (Å²) in [5.74, 6) is 2.44. The van der Waals surface area contributed by atoms with Gasteiger partial charge in [0, 0.05) is 9.79 Å². The van der Waals surface area contributed by atoms with Gasteiger partial charge < -0.3 is 0 Å². The Morgan fingerprint density at radius 2 is 0.750 bits per heavy atom. The van der Waals surface area contributed by atoms with Crippen molar-refractivity contribution in [3.05, 3.63) is 84.9 Å². The average molecular weight is 617 g/mol. The van der Waals surface area contributed by atoms with Gasteiger partial charge in [-0.25, -0.2) is 0 Å². The molecular formula is C42H48S2. The van der Waals surface area contributed by atoms with Gasteiger partial charge >= 0.3 is 0 Å². The predicted octanol–water partition coefficient (Wildman–Crippen LogP) is 14.4. The van der Waals surface area contributed by atoms with Gasteiger partial charge in [0.25, 0.3) is 0 Å². The normalized spacial score (nSPS) is 12.0. The highest BCUT2D eigenvalue weighted by Gasteiger charge is 2.09. The summed E-state index contributed by atoms with van der Waals surface area (Å²) in [6, 6.07) is 33.1. The maximum Gasteiger partial charge on any atom is 0.00783 e. The van der Waals surface area contributed by atoms with E-state index in [0.717, 1.165) is 0 Å². The van der Waals surface area contributed by atoms with Crippen LogP contribution in [0.5, 0.6) is 0 Å². The Morgan fingerprint density at radius 1 is 0.341 bits per heavy atom. The van der Waals surface area contributed by atoms with Crippen LogP contribution in [0.1, 0.15) is 90.9 Å². The Labute approximate surface area is 273 Å². The van der Waals surface area contributed by atoms with Crippen molar-refractivity contribution in [3.63, 3.8) is 0 Å². The molecule has 0 bridgehead atoms. The van der Waals surface area contributed by atoms with E-state index in [0.29, 0.717) is 0 Å². The van der Waals surface area contributed by atoms with Gasteiger partial charge in [0.15, 0.2) is 0 Å². The molecule has 0 aliphatic carbocycles. The highest BCUT2D eigenvalue weighted by molar-refractivity contribution is 7.99. The lowest BCUT2D eigenvalue weighted by atomic mass is 9.94. The number of hydrogen-bond donors (Lipinski definition) is 0. The van der Waals surface area contributed by atoms with Crippen molar-refractivity contribution in [3.8, 4) is 0 Å². The first kappa shape index (κ1) is 31.3. The minimum absolute atomic E-state index is 1.22. The molecule has 6 aromatic carbocycles. The van der Waals surface area contributed by atoms with Crippen molar-refractivity contribution >= 4 is 77.4 Å². The highest BCUT2D eigenvalue weighted by atomic mass is 32.2. The van der Waals surface area contributed by atoms with Gasteiger partial charge in [0.2, 0.25) is 0 Å². The van der Waals surface area contributed by atoms with Crippen LogP contribution >= 0.6 is 23.5 Å². The number of hydrogen-bond acceptors (Lipinski definition) is 2. The number of benzene rings is 6. The van der Waals surface area contributed by atoms with Gasteiger partial charge in [-0.15, -0.1) is 23.5 Å². The van der Waals surface area contributed by atoms with E-state index in [9.17, 15) is 0 Å². The topological polar surface area (TPSA) is 0 Å². The first-order valence-electron chi connectivity index (χ1n) is 17.3. The summed E-state index contributed by atoms with van der Waals surface area (Å²) in [7, 11) is 0. The minimum atomic E-state index is 1.22. The molecule has 0 unspecified atom stereocenters. The molecule has 0 spiro atoms. The smallest absolute Gasteiger partial charge is 0.00783 e. The molecular weight excluding hydrogens is 569 g/mol. The number of thioether (sulfide) groups is 2. The maximum absolute atomic E-state index is 2.41. The Kier molecular flexibility index (Phi) is 11.1. The highest BCUT2D eigenvalue weighted by Crippen LogP contribution is 2.37. The van der Waals surface area contributed by atoms with E-state index < -0.39 is 0 Å². The molecule has 0 aliphatic heterocycles. The first-order valence-corrected chi connectivity index (χ1v) is 19.2. The average Bonchev–Trinajstić information content (AvgIpc) is 3.05. The van der Waals surface area contributed by atoms with Gasteiger partial charge in [-0.3, -0.25) is 0 Å². The standard InChI is InChI=1S/C42H48S2/c1-3-5-7-9-11-13-23-43-37-19-15-31-29-41-33(25-35(31)27-37)17-21-40-39(41)22-18-34-26-36-28-38(20-16-32(36)30-42(34)40)44-24-14-12-10-8-6-4-2/h15-22,25-30H,3-14,23-24H2,1-2H3. The number of rotatable bonds is 16. The zero-order chi connectivity index (χ0) is 30.1. The fourth-order valence-corrected chi connectivity index (χ4v) is 8.57. The minimum Gasteiger partial charge on any atom is -0.126 e. The van der Waals surface area contributed by atoms with Crippen LogP contribution in [-0.2, 0) is 0 Å². The largest absolute Gasteiger partial charge is 0.126 e. The van der Waals surface area contributed by atoms with E-state index in [-0.39, 0.29) is 0 Å². The van der Waals surface area contributed by atoms with E-state index >= 15 is 0 Å². The molecule has 0 heterocycles. The Morgan fingerprint density at radius 3 is 1.20 bits per heavy atom. The quantitative estimate of drug-likeness (QED) is 0.0459. The Hall–Kier alpha value is -2.68. The molecule has 0 amide bonds. The van der Waals surface area contributed by atoms with Crippen LogP contribution in [0.15, 0.2) is 94.7 Å². The van der Waals surface area contributed by atoms with E-state index in [1.165, 1.54) is 152 Å². The van der Waals surface area contributed by atoms with Crippen LogP contribution in [0.4, 0.5) is 0 Å². The van der Waals surface area contributed by atoms with Crippen molar-refractivity contribution in [2.75, 3.05) is 11.5 Å². The lowest BCUT2D eigenvalue weighted by molar-refractivity contribution is 0.627. The molecule has 0 saturated heterocycles. The van der Waals surface area contributed by atoms with Crippen molar-refractivity contribution in [1.29, 1.82) is 0 Å². The molecule has 0 aliphatic rings. The summed E-state index contributed by atoms with van der Waals surface area (Å²) >= 11 is 4.03. The molecule has 0 N–H and O–H groups in total. The van der Waals surface area contributed by atoms with E-state index in [2.05, 4.69) is 98.8 Å². The van der Waals surface area contributed by atoms with Gasteiger partial charge in [-0.2, -0.15) is 0 Å². The summed E-state index contributed by atoms with van der Waals surface area (Å²) in [6.45, 7) is 4.58. The number of unbranched alkanes of at least 4 members (excludes halogenated alkanes) is 10. The second-order valence-corrected chi connectivity index (χ2v) is 15.0. The summed E-state index contributed by atoms with van der Waals surface area (Å²) in [4.78, 5) is 2.79. The third-order valence-corrected chi connectivity index (χ3v) is 11.4. The van der Waals surface area contributed by atoms with Crippen molar-refractivity contribution in [1.82, 2.24) is 0 Å². The zero-order valence-electron chi connectivity index (χ0n) is 26.8. The second-order valence-electron chi connectivity index (χ2n) is 12.6. The van der Waals surface area contributed by atoms with Crippen molar-refractivity contribution in [2.45, 2.75) is 101 Å². The molecule has 2 heteroatoms. The third-order valence-electron chi connectivity index (χ3n) is 9.22. The van der Waals surface area contributed by atoms with Crippen LogP contribution in [0.2, 0.25) is 0 Å². The number of fused-ring (bicyclic) bond motifs is 7. The second kappa shape index (κ2) is 15.5. The van der Waals surface area contributed by atoms with Crippen molar-refractivity contribution < 1.29 is 0 Å². The summed E-state index contributed by atoms with van der Waals surface area (Å²) in [5.41, 5.74) is 0. The monoisotopic (exact) mass is 616 g/mol. The van der Waals surface area contributed by atoms with Crippen LogP contribution < -0.4 is 0 Å². The molecule has 6 rings (SSSR count). The molecule has 0 saturated carbocycles. The SMILES string of the molecule is CCCCCCCCSc1ccc2cc3c(ccc4c5cc6ccc(SCCCCCCCC)cc6cc5ccc34)cc2c1. The van der Waals surface area contributed by atoms with Crippen LogP contribution in [0, 0.1) is 0 Å². The molecule has 0 fully saturated rings. The predicted molar refractivity (Wildman–Crippen MR) is 202 cm³/mol. The van der Waals surface area contributed by atoms with Crippen LogP contribution in [0.25, 0.3) is 53.9 Å². The van der Waals surface area contributed by atoms with Crippen LogP contribution in [0.3, 0.4) is 0 Å². The fourth-order valence-electron chi connectivity index (χ4n) is 6.65. The summed E-state index contributed by atoms with van der Waals surface area (Å²) < 4.78 is 0. The lowest BCUT2D eigenvalue weighted by Crippen LogP contribution is -1.85. The van der Waals surface area contributed by atoms with E-state index in [1.807, 2.05) is 23.5 Å². The Balaban J connectivity index is 1.20. The van der Waals surface area contributed by atoms with Gasteiger partial charge in [-0.1, -0.05) is 114 Å².